The Labute approximate surface area is 159 Å². The van der Waals surface area contributed by atoms with Gasteiger partial charge in [-0.25, -0.2) is 5.43 Å². The predicted octanol–water partition coefficient (Wildman–Crippen LogP) is 4.24. The van der Waals surface area contributed by atoms with Crippen molar-refractivity contribution in [2.45, 2.75) is 6.92 Å². The van der Waals surface area contributed by atoms with E-state index in [0.717, 1.165) is 0 Å². The fourth-order valence-electron chi connectivity index (χ4n) is 2.31. The number of aromatic amines is 1. The third-order valence-electron chi connectivity index (χ3n) is 3.65. The molecule has 1 heterocycles. The number of aromatic nitrogens is 2. The topological polar surface area (TPSA) is 90.4 Å². The fraction of sp³-hybridized carbons (Fsp3) is 0.0556. The van der Waals surface area contributed by atoms with Crippen LogP contribution in [0, 0.1) is 0 Å². The van der Waals surface area contributed by atoms with Gasteiger partial charge in [0.05, 0.1) is 16.4 Å². The molecular weight excluding hydrogens is 375 g/mol. The van der Waals surface area contributed by atoms with Crippen molar-refractivity contribution in [3.63, 3.8) is 0 Å². The fourth-order valence-corrected chi connectivity index (χ4v) is 2.81. The SMILES string of the molecule is CC(=NNC(=O)c1cc(-c2ccc(Cl)cc2Cl)n[nH]1)c1ccccc1O. The van der Waals surface area contributed by atoms with Gasteiger partial charge in [0.2, 0.25) is 0 Å². The highest BCUT2D eigenvalue weighted by Gasteiger charge is 2.13. The number of hydrogen-bond donors (Lipinski definition) is 3. The lowest BCUT2D eigenvalue weighted by Crippen LogP contribution is -2.19. The number of H-pyrrole nitrogens is 1. The lowest BCUT2D eigenvalue weighted by Gasteiger charge is -2.03. The summed E-state index contributed by atoms with van der Waals surface area (Å²) in [6, 6.07) is 13.3. The molecule has 3 N–H and O–H groups in total. The van der Waals surface area contributed by atoms with Gasteiger partial charge >= 0.3 is 0 Å². The smallest absolute Gasteiger partial charge is 0.289 e. The lowest BCUT2D eigenvalue weighted by atomic mass is 10.1. The van der Waals surface area contributed by atoms with Crippen LogP contribution in [0.3, 0.4) is 0 Å². The Hall–Kier alpha value is -2.83. The second kappa shape index (κ2) is 7.59. The highest BCUT2D eigenvalue weighted by Crippen LogP contribution is 2.29. The molecule has 0 fully saturated rings. The minimum atomic E-state index is -0.469. The zero-order chi connectivity index (χ0) is 18.7. The van der Waals surface area contributed by atoms with Crippen molar-refractivity contribution in [3.8, 4) is 17.0 Å². The molecule has 8 heteroatoms. The second-order valence-electron chi connectivity index (χ2n) is 5.45. The predicted molar refractivity (Wildman–Crippen MR) is 102 cm³/mol. The Morgan fingerprint density at radius 3 is 2.69 bits per heavy atom. The van der Waals surface area contributed by atoms with Gasteiger partial charge in [-0.05, 0) is 43.3 Å². The van der Waals surface area contributed by atoms with Gasteiger partial charge in [-0.15, -0.1) is 0 Å². The summed E-state index contributed by atoms with van der Waals surface area (Å²) in [5.74, 6) is -0.382. The van der Waals surface area contributed by atoms with E-state index in [4.69, 9.17) is 23.2 Å². The first-order valence-electron chi connectivity index (χ1n) is 7.59. The summed E-state index contributed by atoms with van der Waals surface area (Å²) in [4.78, 5) is 12.2. The Balaban J connectivity index is 1.76. The number of hydrazone groups is 1. The molecule has 0 saturated heterocycles. The van der Waals surface area contributed by atoms with Crippen LogP contribution in [-0.4, -0.2) is 26.9 Å². The van der Waals surface area contributed by atoms with Crippen LogP contribution in [0.5, 0.6) is 5.75 Å². The Morgan fingerprint density at radius 2 is 1.96 bits per heavy atom. The van der Waals surface area contributed by atoms with Gasteiger partial charge < -0.3 is 5.11 Å². The average molecular weight is 389 g/mol. The van der Waals surface area contributed by atoms with Gasteiger partial charge in [0.1, 0.15) is 11.4 Å². The number of phenolic OH excluding ortho intramolecular Hbond substituents is 1. The third-order valence-corrected chi connectivity index (χ3v) is 4.20. The number of rotatable bonds is 4. The number of hydrogen-bond acceptors (Lipinski definition) is 4. The minimum absolute atomic E-state index is 0.0872. The first kappa shape index (κ1) is 18.0. The number of amides is 1. The molecular formula is C18H14Cl2N4O2. The van der Waals surface area contributed by atoms with Crippen LogP contribution in [0.15, 0.2) is 53.6 Å². The third kappa shape index (κ3) is 3.87. The van der Waals surface area contributed by atoms with Crippen molar-refractivity contribution in [2.75, 3.05) is 0 Å². The van der Waals surface area contributed by atoms with E-state index >= 15 is 0 Å². The van der Waals surface area contributed by atoms with E-state index in [1.807, 2.05) is 0 Å². The zero-order valence-corrected chi connectivity index (χ0v) is 15.1. The summed E-state index contributed by atoms with van der Waals surface area (Å²) >= 11 is 12.0. The van der Waals surface area contributed by atoms with Crippen molar-refractivity contribution in [1.82, 2.24) is 15.6 Å². The maximum atomic E-state index is 12.2. The van der Waals surface area contributed by atoms with E-state index < -0.39 is 5.91 Å². The van der Waals surface area contributed by atoms with Crippen LogP contribution in [0.25, 0.3) is 11.3 Å². The molecule has 1 amide bonds. The number of nitrogens with zero attached hydrogens (tertiary/aromatic N) is 2. The first-order chi connectivity index (χ1) is 12.5. The van der Waals surface area contributed by atoms with E-state index in [1.54, 1.807) is 55.5 Å². The van der Waals surface area contributed by atoms with Crippen LogP contribution >= 0.6 is 23.2 Å². The molecule has 3 aromatic rings. The summed E-state index contributed by atoms with van der Waals surface area (Å²) in [5, 5.41) is 21.5. The molecule has 0 saturated carbocycles. The monoisotopic (exact) mass is 388 g/mol. The highest BCUT2D eigenvalue weighted by molar-refractivity contribution is 6.36. The van der Waals surface area contributed by atoms with Gasteiger partial charge in [0.15, 0.2) is 0 Å². The van der Waals surface area contributed by atoms with Gasteiger partial charge in [-0.3, -0.25) is 9.89 Å². The molecule has 26 heavy (non-hydrogen) atoms. The van der Waals surface area contributed by atoms with Gasteiger partial charge in [0, 0.05) is 16.1 Å². The molecule has 0 aliphatic heterocycles. The van der Waals surface area contributed by atoms with Crippen molar-refractivity contribution in [1.29, 1.82) is 0 Å². The molecule has 0 aliphatic carbocycles. The number of halogens is 2. The molecule has 2 aromatic carbocycles. The van der Waals surface area contributed by atoms with Crippen LogP contribution in [0.4, 0.5) is 0 Å². The van der Waals surface area contributed by atoms with E-state index in [0.29, 0.717) is 32.6 Å². The quantitative estimate of drug-likeness (QED) is 0.460. The molecule has 0 radical (unpaired) electrons. The number of carbonyl (C=O) groups excluding carboxylic acids is 1. The first-order valence-corrected chi connectivity index (χ1v) is 8.35. The van der Waals surface area contributed by atoms with E-state index in [-0.39, 0.29) is 11.4 Å². The van der Waals surface area contributed by atoms with Crippen molar-refractivity contribution < 1.29 is 9.90 Å². The Kier molecular flexibility index (Phi) is 5.25. The average Bonchev–Trinajstić information content (AvgIpc) is 3.09. The molecule has 0 unspecified atom stereocenters. The molecule has 132 valence electrons. The van der Waals surface area contributed by atoms with E-state index in [9.17, 15) is 9.90 Å². The largest absolute Gasteiger partial charge is 0.507 e. The standard InChI is InChI=1S/C18H14Cl2N4O2/c1-10(12-4-2-3-5-17(12)25)21-24-18(26)16-9-15(22-23-16)13-7-6-11(19)8-14(13)20/h2-9,25H,1H3,(H,22,23)(H,24,26). The number of benzene rings is 2. The van der Waals surface area contributed by atoms with E-state index in [1.165, 1.54) is 0 Å². The summed E-state index contributed by atoms with van der Waals surface area (Å²) in [7, 11) is 0. The Bertz CT molecular complexity index is 998. The maximum Gasteiger partial charge on any atom is 0.289 e. The van der Waals surface area contributed by atoms with E-state index in [2.05, 4.69) is 20.7 Å². The number of carbonyl (C=O) groups is 1. The molecule has 3 rings (SSSR count). The van der Waals surface area contributed by atoms with Crippen LogP contribution in [0.1, 0.15) is 23.0 Å². The molecule has 0 spiro atoms. The number of aromatic hydroxyl groups is 1. The molecule has 0 atom stereocenters. The van der Waals surface area contributed by atoms with Crippen LogP contribution in [0.2, 0.25) is 10.0 Å². The van der Waals surface area contributed by atoms with Gasteiger partial charge in [-0.2, -0.15) is 10.2 Å². The number of nitrogens with one attached hydrogen (secondary N) is 2. The summed E-state index contributed by atoms with van der Waals surface area (Å²) < 4.78 is 0. The van der Waals surface area contributed by atoms with Gasteiger partial charge in [-0.1, -0.05) is 35.3 Å². The van der Waals surface area contributed by atoms with Crippen molar-refractivity contribution in [3.05, 3.63) is 69.8 Å². The highest BCUT2D eigenvalue weighted by atomic mass is 35.5. The van der Waals surface area contributed by atoms with Crippen molar-refractivity contribution >= 4 is 34.8 Å². The number of para-hydroxylation sites is 1. The molecule has 6 nitrogen and oxygen atoms in total. The van der Waals surface area contributed by atoms with Crippen LogP contribution in [-0.2, 0) is 0 Å². The zero-order valence-electron chi connectivity index (χ0n) is 13.6. The summed E-state index contributed by atoms with van der Waals surface area (Å²) in [6.45, 7) is 1.68. The Morgan fingerprint density at radius 1 is 1.19 bits per heavy atom. The summed E-state index contributed by atoms with van der Waals surface area (Å²) in [5.41, 5.74) is 4.82. The van der Waals surface area contributed by atoms with Gasteiger partial charge in [0.25, 0.3) is 5.91 Å². The lowest BCUT2D eigenvalue weighted by molar-refractivity contribution is 0.0950. The molecule has 0 bridgehead atoms. The van der Waals surface area contributed by atoms with Crippen LogP contribution < -0.4 is 5.43 Å². The normalized spacial score (nSPS) is 11.4. The van der Waals surface area contributed by atoms with Crippen molar-refractivity contribution in [2.24, 2.45) is 5.10 Å². The molecule has 0 aliphatic rings. The molecule has 1 aromatic heterocycles. The number of phenols is 1. The summed E-state index contributed by atoms with van der Waals surface area (Å²) in [6.07, 6.45) is 0. The minimum Gasteiger partial charge on any atom is -0.507 e. The maximum absolute atomic E-state index is 12.2. The second-order valence-corrected chi connectivity index (χ2v) is 6.29.